The molecule has 0 radical (unpaired) electrons. The van der Waals surface area contributed by atoms with Crippen molar-refractivity contribution in [3.8, 4) is 0 Å². The van der Waals surface area contributed by atoms with Gasteiger partial charge in [0, 0.05) is 0 Å². The lowest BCUT2D eigenvalue weighted by Crippen LogP contribution is -2.22. The van der Waals surface area contributed by atoms with Crippen molar-refractivity contribution in [1.82, 2.24) is 0 Å². The standard InChI is InChI=1S/C16H15F3/c1-11-6-8-13(9-7-11)15(16(17,18)19)14-5-3-4-12(2)10-14/h3-10,15H,1-2H3. The van der Waals surface area contributed by atoms with Crippen LogP contribution in [-0.4, -0.2) is 6.18 Å². The van der Waals surface area contributed by atoms with Crippen molar-refractivity contribution < 1.29 is 13.2 Å². The van der Waals surface area contributed by atoms with E-state index in [2.05, 4.69) is 0 Å². The Balaban J connectivity index is 2.51. The zero-order valence-electron chi connectivity index (χ0n) is 10.8. The minimum atomic E-state index is -4.29. The van der Waals surface area contributed by atoms with Crippen molar-refractivity contribution in [2.45, 2.75) is 25.9 Å². The summed E-state index contributed by atoms with van der Waals surface area (Å²) in [6, 6.07) is 13.1. The Hall–Kier alpha value is -1.77. The lowest BCUT2D eigenvalue weighted by molar-refractivity contribution is -0.141. The SMILES string of the molecule is Cc1ccc(C(c2cccc(C)c2)C(F)(F)F)cc1. The Labute approximate surface area is 110 Å². The molecule has 19 heavy (non-hydrogen) atoms. The van der Waals surface area contributed by atoms with Crippen LogP contribution in [0.2, 0.25) is 0 Å². The third-order valence-electron chi connectivity index (χ3n) is 3.11. The van der Waals surface area contributed by atoms with Gasteiger partial charge in [-0.1, -0.05) is 59.7 Å². The molecule has 0 fully saturated rings. The van der Waals surface area contributed by atoms with Gasteiger partial charge < -0.3 is 0 Å². The second-order valence-corrected chi connectivity index (χ2v) is 4.80. The molecular weight excluding hydrogens is 249 g/mol. The van der Waals surface area contributed by atoms with Crippen LogP contribution >= 0.6 is 0 Å². The topological polar surface area (TPSA) is 0 Å². The van der Waals surface area contributed by atoms with Crippen LogP contribution in [0.25, 0.3) is 0 Å². The van der Waals surface area contributed by atoms with Crippen LogP contribution in [0.4, 0.5) is 13.2 Å². The maximum atomic E-state index is 13.3. The number of rotatable bonds is 2. The number of hydrogen-bond acceptors (Lipinski definition) is 0. The number of halogens is 3. The third-order valence-corrected chi connectivity index (χ3v) is 3.11. The van der Waals surface area contributed by atoms with Gasteiger partial charge in [-0.05, 0) is 25.0 Å². The molecule has 100 valence electrons. The van der Waals surface area contributed by atoms with Gasteiger partial charge in [0.2, 0.25) is 0 Å². The summed E-state index contributed by atoms with van der Waals surface area (Å²) in [7, 11) is 0. The molecule has 0 aliphatic rings. The molecule has 0 aromatic heterocycles. The molecule has 0 saturated heterocycles. The fourth-order valence-electron chi connectivity index (χ4n) is 2.18. The van der Waals surface area contributed by atoms with Crippen LogP contribution in [0.1, 0.15) is 28.2 Å². The van der Waals surface area contributed by atoms with E-state index in [1.54, 1.807) is 49.4 Å². The van der Waals surface area contributed by atoms with Crippen molar-refractivity contribution in [2.75, 3.05) is 0 Å². The molecule has 0 aliphatic carbocycles. The van der Waals surface area contributed by atoms with Gasteiger partial charge in [-0.15, -0.1) is 0 Å². The van der Waals surface area contributed by atoms with Gasteiger partial charge in [-0.25, -0.2) is 0 Å². The summed E-state index contributed by atoms with van der Waals surface area (Å²) in [5, 5.41) is 0. The zero-order chi connectivity index (χ0) is 14.0. The zero-order valence-corrected chi connectivity index (χ0v) is 10.8. The van der Waals surface area contributed by atoms with E-state index < -0.39 is 12.1 Å². The maximum absolute atomic E-state index is 13.3. The number of alkyl halides is 3. The molecule has 0 bridgehead atoms. The van der Waals surface area contributed by atoms with E-state index >= 15 is 0 Å². The van der Waals surface area contributed by atoms with Crippen molar-refractivity contribution >= 4 is 0 Å². The smallest absolute Gasteiger partial charge is 0.170 e. The number of hydrogen-bond donors (Lipinski definition) is 0. The molecule has 2 aromatic rings. The van der Waals surface area contributed by atoms with Crippen LogP contribution in [0.15, 0.2) is 48.5 Å². The van der Waals surface area contributed by atoms with Crippen molar-refractivity contribution in [1.29, 1.82) is 0 Å². The Morgan fingerprint density at radius 1 is 0.789 bits per heavy atom. The second kappa shape index (κ2) is 5.08. The quantitative estimate of drug-likeness (QED) is 0.716. The van der Waals surface area contributed by atoms with E-state index in [4.69, 9.17) is 0 Å². The summed E-state index contributed by atoms with van der Waals surface area (Å²) in [4.78, 5) is 0. The molecule has 3 heteroatoms. The highest BCUT2D eigenvalue weighted by Gasteiger charge is 2.41. The summed E-state index contributed by atoms with van der Waals surface area (Å²) < 4.78 is 40.0. The minimum absolute atomic E-state index is 0.281. The molecule has 2 aromatic carbocycles. The average molecular weight is 264 g/mol. The summed E-state index contributed by atoms with van der Waals surface area (Å²) in [5.74, 6) is -1.56. The van der Waals surface area contributed by atoms with E-state index in [1.165, 1.54) is 6.07 Å². The first-order chi connectivity index (χ1) is 8.88. The molecule has 0 saturated carbocycles. The van der Waals surface area contributed by atoms with Gasteiger partial charge in [0.05, 0.1) is 0 Å². The predicted molar refractivity (Wildman–Crippen MR) is 70.3 cm³/mol. The molecule has 0 spiro atoms. The molecule has 0 amide bonds. The molecule has 0 heterocycles. The lowest BCUT2D eigenvalue weighted by atomic mass is 9.89. The van der Waals surface area contributed by atoms with Gasteiger partial charge in [0.1, 0.15) is 5.92 Å². The second-order valence-electron chi connectivity index (χ2n) is 4.80. The van der Waals surface area contributed by atoms with Crippen molar-refractivity contribution in [2.24, 2.45) is 0 Å². The Bertz CT molecular complexity index is 553. The Kier molecular flexibility index (Phi) is 3.65. The van der Waals surface area contributed by atoms with Gasteiger partial charge in [0.15, 0.2) is 0 Å². The first-order valence-corrected chi connectivity index (χ1v) is 6.08. The van der Waals surface area contributed by atoms with Crippen LogP contribution < -0.4 is 0 Å². The first kappa shape index (κ1) is 13.7. The summed E-state index contributed by atoms with van der Waals surface area (Å²) >= 11 is 0. The first-order valence-electron chi connectivity index (χ1n) is 6.08. The van der Waals surface area contributed by atoms with Crippen molar-refractivity contribution in [3.63, 3.8) is 0 Å². The number of benzene rings is 2. The molecule has 0 N–H and O–H groups in total. The normalized spacial score (nSPS) is 13.3. The maximum Gasteiger partial charge on any atom is 0.399 e. The Morgan fingerprint density at radius 3 is 1.95 bits per heavy atom. The molecule has 2 rings (SSSR count). The largest absolute Gasteiger partial charge is 0.399 e. The Morgan fingerprint density at radius 2 is 1.42 bits per heavy atom. The molecular formula is C16H15F3. The van der Waals surface area contributed by atoms with Crippen LogP contribution in [0.3, 0.4) is 0 Å². The van der Waals surface area contributed by atoms with Crippen molar-refractivity contribution in [3.05, 3.63) is 70.8 Å². The van der Waals surface area contributed by atoms with Gasteiger partial charge >= 0.3 is 6.18 Å². The minimum Gasteiger partial charge on any atom is -0.170 e. The van der Waals surface area contributed by atoms with Crippen LogP contribution in [-0.2, 0) is 0 Å². The monoisotopic (exact) mass is 264 g/mol. The molecule has 0 nitrogen and oxygen atoms in total. The fraction of sp³-hybridized carbons (Fsp3) is 0.250. The highest BCUT2D eigenvalue weighted by atomic mass is 19.4. The van der Waals surface area contributed by atoms with E-state index in [9.17, 15) is 13.2 Å². The van der Waals surface area contributed by atoms with Gasteiger partial charge in [-0.2, -0.15) is 13.2 Å². The van der Waals surface area contributed by atoms with Crippen LogP contribution in [0.5, 0.6) is 0 Å². The highest BCUT2D eigenvalue weighted by Crippen LogP contribution is 2.40. The third kappa shape index (κ3) is 3.16. The van der Waals surface area contributed by atoms with Crippen LogP contribution in [0, 0.1) is 13.8 Å². The predicted octanol–water partition coefficient (Wildman–Crippen LogP) is 5.00. The van der Waals surface area contributed by atoms with Gasteiger partial charge in [0.25, 0.3) is 0 Å². The molecule has 0 aliphatic heterocycles. The highest BCUT2D eigenvalue weighted by molar-refractivity contribution is 5.37. The van der Waals surface area contributed by atoms with E-state index in [0.29, 0.717) is 0 Å². The summed E-state index contributed by atoms with van der Waals surface area (Å²) in [5.41, 5.74) is 2.35. The fourth-order valence-corrected chi connectivity index (χ4v) is 2.18. The van der Waals surface area contributed by atoms with E-state index in [1.807, 2.05) is 6.92 Å². The van der Waals surface area contributed by atoms with E-state index in [-0.39, 0.29) is 11.1 Å². The average Bonchev–Trinajstić information content (AvgIpc) is 2.30. The van der Waals surface area contributed by atoms with Gasteiger partial charge in [-0.3, -0.25) is 0 Å². The lowest BCUT2D eigenvalue weighted by Gasteiger charge is -2.21. The summed E-state index contributed by atoms with van der Waals surface area (Å²) in [6.45, 7) is 3.66. The number of aryl methyl sites for hydroxylation is 2. The molecule has 1 atom stereocenters. The summed E-state index contributed by atoms with van der Waals surface area (Å²) in [6.07, 6.45) is -4.29. The molecule has 1 unspecified atom stereocenters. The van der Waals surface area contributed by atoms with E-state index in [0.717, 1.165) is 11.1 Å².